The fraction of sp³-hybridized carbons (Fsp3) is 0.545. The number of hydrogen-bond donors (Lipinski definition) is 0. The molecule has 0 unspecified atom stereocenters. The predicted molar refractivity (Wildman–Crippen MR) is 55.6 cm³/mol. The van der Waals surface area contributed by atoms with Crippen molar-refractivity contribution in [3.8, 4) is 0 Å². The van der Waals surface area contributed by atoms with Crippen LogP contribution in [-0.2, 0) is 0 Å². The van der Waals surface area contributed by atoms with Gasteiger partial charge in [-0.2, -0.15) is 0 Å². The van der Waals surface area contributed by atoms with E-state index >= 15 is 0 Å². The molecule has 2 nitrogen and oxygen atoms in total. The first kappa shape index (κ1) is 10.2. The second kappa shape index (κ2) is 6.61. The molecule has 2 heteroatoms. The topological polar surface area (TPSA) is 16.1 Å². The molecule has 2 rings (SSSR count). The van der Waals surface area contributed by atoms with Crippen molar-refractivity contribution in [1.82, 2.24) is 9.88 Å². The first-order valence-electron chi connectivity index (χ1n) is 5.01. The van der Waals surface area contributed by atoms with Crippen LogP contribution in [0.5, 0.6) is 0 Å². The van der Waals surface area contributed by atoms with Gasteiger partial charge in [0.15, 0.2) is 0 Å². The Morgan fingerprint density at radius 2 is 1.69 bits per heavy atom. The van der Waals surface area contributed by atoms with Gasteiger partial charge in [0.2, 0.25) is 0 Å². The van der Waals surface area contributed by atoms with Crippen molar-refractivity contribution in [3.63, 3.8) is 0 Å². The van der Waals surface area contributed by atoms with Crippen LogP contribution < -0.4 is 0 Å². The standard InChI is InChI=1S/C6H13N.C5H5N/c1-2-7-5-3-4-6-7;1-2-4-6-5-3-1/h2-6H2,1H3;1-5H. The fourth-order valence-corrected chi connectivity index (χ4v) is 1.41. The highest BCUT2D eigenvalue weighted by Gasteiger charge is 2.06. The van der Waals surface area contributed by atoms with E-state index in [4.69, 9.17) is 0 Å². The SMILES string of the molecule is CCN1CCCC1.c1ccncc1. The van der Waals surface area contributed by atoms with Crippen molar-refractivity contribution >= 4 is 0 Å². The lowest BCUT2D eigenvalue weighted by atomic mass is 10.4. The Hall–Kier alpha value is -0.890. The molecule has 0 aromatic carbocycles. The van der Waals surface area contributed by atoms with Crippen molar-refractivity contribution in [1.29, 1.82) is 0 Å². The number of hydrogen-bond acceptors (Lipinski definition) is 2. The van der Waals surface area contributed by atoms with Gasteiger partial charge in [-0.05, 0) is 44.6 Å². The lowest BCUT2D eigenvalue weighted by Gasteiger charge is -2.08. The zero-order valence-corrected chi connectivity index (χ0v) is 8.32. The Kier molecular flexibility index (Phi) is 5.18. The molecule has 1 aromatic heterocycles. The van der Waals surface area contributed by atoms with Crippen LogP contribution in [0.25, 0.3) is 0 Å². The minimum absolute atomic E-state index is 1.25. The van der Waals surface area contributed by atoms with E-state index in [1.165, 1.54) is 32.5 Å². The predicted octanol–water partition coefficient (Wildman–Crippen LogP) is 2.18. The molecule has 1 saturated heterocycles. The average molecular weight is 178 g/mol. The summed E-state index contributed by atoms with van der Waals surface area (Å²) in [4.78, 5) is 6.27. The van der Waals surface area contributed by atoms with Gasteiger partial charge in [0, 0.05) is 12.4 Å². The monoisotopic (exact) mass is 178 g/mol. The zero-order valence-electron chi connectivity index (χ0n) is 8.32. The van der Waals surface area contributed by atoms with E-state index in [9.17, 15) is 0 Å². The van der Waals surface area contributed by atoms with Crippen LogP contribution in [0.15, 0.2) is 30.6 Å². The second-order valence-electron chi connectivity index (χ2n) is 3.17. The molecule has 2 heterocycles. The molecule has 0 radical (unpaired) electrons. The largest absolute Gasteiger partial charge is 0.304 e. The van der Waals surface area contributed by atoms with Crippen molar-refractivity contribution in [2.45, 2.75) is 19.8 Å². The van der Waals surface area contributed by atoms with Crippen molar-refractivity contribution in [2.24, 2.45) is 0 Å². The Balaban J connectivity index is 0.000000132. The molecular formula is C11H18N2. The van der Waals surface area contributed by atoms with Crippen LogP contribution in [0.3, 0.4) is 0 Å². The quantitative estimate of drug-likeness (QED) is 0.655. The molecule has 1 aromatic rings. The lowest BCUT2D eigenvalue weighted by Crippen LogP contribution is -2.17. The highest BCUT2D eigenvalue weighted by Crippen LogP contribution is 2.04. The Bertz CT molecular complexity index is 166. The molecule has 0 bridgehead atoms. The summed E-state index contributed by atoms with van der Waals surface area (Å²) in [5.41, 5.74) is 0. The molecule has 0 spiro atoms. The summed E-state index contributed by atoms with van der Waals surface area (Å²) in [6.45, 7) is 6.16. The summed E-state index contributed by atoms with van der Waals surface area (Å²) in [7, 11) is 0. The molecule has 0 aliphatic carbocycles. The number of rotatable bonds is 1. The summed E-state index contributed by atoms with van der Waals surface area (Å²) in [5, 5.41) is 0. The van der Waals surface area contributed by atoms with Gasteiger partial charge in [0.1, 0.15) is 0 Å². The minimum Gasteiger partial charge on any atom is -0.304 e. The summed E-state index contributed by atoms with van der Waals surface area (Å²) in [5.74, 6) is 0. The van der Waals surface area contributed by atoms with Crippen LogP contribution in [0.4, 0.5) is 0 Å². The molecular weight excluding hydrogens is 160 g/mol. The van der Waals surface area contributed by atoms with E-state index in [1.54, 1.807) is 12.4 Å². The van der Waals surface area contributed by atoms with Crippen molar-refractivity contribution < 1.29 is 0 Å². The van der Waals surface area contributed by atoms with Crippen LogP contribution in [0, 0.1) is 0 Å². The molecule has 72 valence electrons. The lowest BCUT2D eigenvalue weighted by molar-refractivity contribution is 0.359. The zero-order chi connectivity index (χ0) is 9.36. The summed E-state index contributed by atoms with van der Waals surface area (Å²) >= 11 is 0. The second-order valence-corrected chi connectivity index (χ2v) is 3.17. The maximum atomic E-state index is 3.78. The third-order valence-corrected chi connectivity index (χ3v) is 2.21. The van der Waals surface area contributed by atoms with Crippen LogP contribution in [0.2, 0.25) is 0 Å². The maximum Gasteiger partial charge on any atom is 0.0267 e. The van der Waals surface area contributed by atoms with E-state index in [1.807, 2.05) is 18.2 Å². The first-order chi connectivity index (χ1) is 6.43. The molecule has 0 N–H and O–H groups in total. The van der Waals surface area contributed by atoms with E-state index in [0.717, 1.165) is 0 Å². The molecule has 0 atom stereocenters. The van der Waals surface area contributed by atoms with Crippen LogP contribution in [0.1, 0.15) is 19.8 Å². The van der Waals surface area contributed by atoms with Gasteiger partial charge in [-0.25, -0.2) is 0 Å². The highest BCUT2D eigenvalue weighted by atomic mass is 15.1. The molecule has 1 fully saturated rings. The first-order valence-corrected chi connectivity index (χ1v) is 5.01. The summed E-state index contributed by atoms with van der Waals surface area (Å²) < 4.78 is 0. The Morgan fingerprint density at radius 1 is 1.08 bits per heavy atom. The highest BCUT2D eigenvalue weighted by molar-refractivity contribution is 4.88. The van der Waals surface area contributed by atoms with Gasteiger partial charge in [0.25, 0.3) is 0 Å². The Morgan fingerprint density at radius 3 is 1.92 bits per heavy atom. The molecule has 1 aliphatic heterocycles. The van der Waals surface area contributed by atoms with Crippen LogP contribution >= 0.6 is 0 Å². The van der Waals surface area contributed by atoms with Gasteiger partial charge in [-0.15, -0.1) is 0 Å². The smallest absolute Gasteiger partial charge is 0.0267 e. The third kappa shape index (κ3) is 4.63. The van der Waals surface area contributed by atoms with E-state index in [0.29, 0.717) is 0 Å². The minimum atomic E-state index is 1.25. The molecule has 0 amide bonds. The summed E-state index contributed by atoms with van der Waals surface area (Å²) in [6, 6.07) is 5.72. The number of pyridine rings is 1. The van der Waals surface area contributed by atoms with E-state index < -0.39 is 0 Å². The normalized spacial score (nSPS) is 16.4. The number of likely N-dealkylation sites (tertiary alicyclic amines) is 1. The van der Waals surface area contributed by atoms with Crippen molar-refractivity contribution in [2.75, 3.05) is 19.6 Å². The van der Waals surface area contributed by atoms with Gasteiger partial charge in [-0.1, -0.05) is 13.0 Å². The summed E-state index contributed by atoms with van der Waals surface area (Å²) in [6.07, 6.45) is 6.35. The maximum absolute atomic E-state index is 3.78. The fourth-order valence-electron chi connectivity index (χ4n) is 1.41. The van der Waals surface area contributed by atoms with Gasteiger partial charge < -0.3 is 4.90 Å². The molecule has 0 saturated carbocycles. The average Bonchev–Trinajstić information content (AvgIpc) is 2.74. The van der Waals surface area contributed by atoms with Gasteiger partial charge >= 0.3 is 0 Å². The number of nitrogens with zero attached hydrogens (tertiary/aromatic N) is 2. The third-order valence-electron chi connectivity index (χ3n) is 2.21. The van der Waals surface area contributed by atoms with Crippen molar-refractivity contribution in [3.05, 3.63) is 30.6 Å². The van der Waals surface area contributed by atoms with E-state index in [-0.39, 0.29) is 0 Å². The van der Waals surface area contributed by atoms with E-state index in [2.05, 4.69) is 16.8 Å². The van der Waals surface area contributed by atoms with Gasteiger partial charge in [-0.3, -0.25) is 4.98 Å². The number of aromatic nitrogens is 1. The molecule has 13 heavy (non-hydrogen) atoms. The van der Waals surface area contributed by atoms with Crippen LogP contribution in [-0.4, -0.2) is 29.5 Å². The Labute approximate surface area is 80.6 Å². The molecule has 1 aliphatic rings. The van der Waals surface area contributed by atoms with Gasteiger partial charge in [0.05, 0.1) is 0 Å².